The molecule has 0 radical (unpaired) electrons. The van der Waals surface area contributed by atoms with Crippen molar-refractivity contribution in [3.8, 4) is 0 Å². The standard InChI is InChI=1S/C25H27N3O3/c1-18(20-7-3-2-4-8-20)27(16-19-11-12-19)17-25(29)28-22(24-10-6-14-31-24)15-21(26-28)23-9-5-13-30-23/h2-10,13-14,18-19,22H,11-12,15-17H2,1H3. The van der Waals surface area contributed by atoms with Crippen LogP contribution < -0.4 is 0 Å². The van der Waals surface area contributed by atoms with Crippen molar-refractivity contribution in [1.29, 1.82) is 0 Å². The van der Waals surface area contributed by atoms with Crippen LogP contribution in [0.1, 0.15) is 55.4 Å². The minimum absolute atomic E-state index is 0.0219. The average molecular weight is 418 g/mol. The Labute approximate surface area is 182 Å². The first-order valence-electron chi connectivity index (χ1n) is 10.9. The summed E-state index contributed by atoms with van der Waals surface area (Å²) in [5.41, 5.74) is 1.99. The van der Waals surface area contributed by atoms with Crippen molar-refractivity contribution in [2.24, 2.45) is 11.0 Å². The fourth-order valence-corrected chi connectivity index (χ4v) is 4.21. The molecule has 1 amide bonds. The van der Waals surface area contributed by atoms with Crippen molar-refractivity contribution in [3.05, 3.63) is 84.2 Å². The van der Waals surface area contributed by atoms with Gasteiger partial charge < -0.3 is 8.83 Å². The maximum atomic E-state index is 13.5. The Morgan fingerprint density at radius 1 is 1.10 bits per heavy atom. The Morgan fingerprint density at radius 3 is 2.55 bits per heavy atom. The molecular formula is C25H27N3O3. The summed E-state index contributed by atoms with van der Waals surface area (Å²) in [6.07, 6.45) is 6.32. The van der Waals surface area contributed by atoms with E-state index in [1.54, 1.807) is 17.5 Å². The van der Waals surface area contributed by atoms with E-state index >= 15 is 0 Å². The Hall–Kier alpha value is -3.12. The lowest BCUT2D eigenvalue weighted by molar-refractivity contribution is -0.135. The third-order valence-corrected chi connectivity index (χ3v) is 6.20. The minimum atomic E-state index is -0.252. The van der Waals surface area contributed by atoms with E-state index < -0.39 is 0 Å². The zero-order chi connectivity index (χ0) is 21.2. The Bertz CT molecular complexity index is 1020. The van der Waals surface area contributed by atoms with Crippen LogP contribution >= 0.6 is 0 Å². The molecule has 5 rings (SSSR count). The highest BCUT2D eigenvalue weighted by Crippen LogP contribution is 2.35. The number of nitrogens with zero attached hydrogens (tertiary/aromatic N) is 3. The maximum absolute atomic E-state index is 13.5. The van der Waals surface area contributed by atoms with Gasteiger partial charge in [0.1, 0.15) is 23.3 Å². The molecule has 0 saturated heterocycles. The Balaban J connectivity index is 1.38. The fourth-order valence-electron chi connectivity index (χ4n) is 4.21. The van der Waals surface area contributed by atoms with Crippen LogP contribution in [0, 0.1) is 5.92 Å². The van der Waals surface area contributed by atoms with E-state index in [1.165, 1.54) is 18.4 Å². The molecule has 1 aromatic carbocycles. The van der Waals surface area contributed by atoms with Crippen LogP contribution in [-0.2, 0) is 4.79 Å². The summed E-state index contributed by atoms with van der Waals surface area (Å²) in [4.78, 5) is 15.8. The number of hydrazone groups is 1. The molecule has 3 heterocycles. The minimum Gasteiger partial charge on any atom is -0.467 e. The molecule has 160 valence electrons. The summed E-state index contributed by atoms with van der Waals surface area (Å²) in [5.74, 6) is 2.09. The SMILES string of the molecule is CC(c1ccccc1)N(CC(=O)N1N=C(c2ccco2)CC1c1ccco1)CC1CC1. The van der Waals surface area contributed by atoms with Gasteiger partial charge in [0.05, 0.1) is 19.1 Å². The van der Waals surface area contributed by atoms with Crippen LogP contribution in [0.5, 0.6) is 0 Å². The van der Waals surface area contributed by atoms with Crippen molar-refractivity contribution in [3.63, 3.8) is 0 Å². The van der Waals surface area contributed by atoms with Gasteiger partial charge in [0.25, 0.3) is 5.91 Å². The van der Waals surface area contributed by atoms with Crippen LogP contribution in [0.2, 0.25) is 0 Å². The monoisotopic (exact) mass is 417 g/mol. The molecule has 2 aromatic heterocycles. The van der Waals surface area contributed by atoms with Gasteiger partial charge in [0.2, 0.25) is 0 Å². The van der Waals surface area contributed by atoms with E-state index in [-0.39, 0.29) is 18.0 Å². The summed E-state index contributed by atoms with van der Waals surface area (Å²) < 4.78 is 11.2. The zero-order valence-electron chi connectivity index (χ0n) is 17.7. The van der Waals surface area contributed by atoms with Gasteiger partial charge in [0.15, 0.2) is 0 Å². The van der Waals surface area contributed by atoms with Crippen LogP contribution in [0.15, 0.2) is 81.1 Å². The van der Waals surface area contributed by atoms with Crippen LogP contribution in [0.25, 0.3) is 0 Å². The molecule has 2 unspecified atom stereocenters. The molecule has 1 saturated carbocycles. The lowest BCUT2D eigenvalue weighted by Crippen LogP contribution is -2.40. The second-order valence-corrected chi connectivity index (χ2v) is 8.46. The number of hydrogen-bond acceptors (Lipinski definition) is 5. The Morgan fingerprint density at radius 2 is 1.87 bits per heavy atom. The molecular weight excluding hydrogens is 390 g/mol. The van der Waals surface area contributed by atoms with Gasteiger partial charge in [-0.1, -0.05) is 30.3 Å². The summed E-state index contributed by atoms with van der Waals surface area (Å²) in [6.45, 7) is 3.42. The highest BCUT2D eigenvalue weighted by molar-refractivity contribution is 6.01. The molecule has 0 bridgehead atoms. The maximum Gasteiger partial charge on any atom is 0.257 e. The smallest absolute Gasteiger partial charge is 0.257 e. The van der Waals surface area contributed by atoms with Crippen molar-refractivity contribution in [2.75, 3.05) is 13.1 Å². The molecule has 2 atom stereocenters. The third kappa shape index (κ3) is 4.35. The summed E-state index contributed by atoms with van der Waals surface area (Å²) in [5, 5.41) is 6.26. The normalized spacial score (nSPS) is 19.6. The summed E-state index contributed by atoms with van der Waals surface area (Å²) >= 11 is 0. The molecule has 3 aromatic rings. The second-order valence-electron chi connectivity index (χ2n) is 8.46. The molecule has 1 aliphatic carbocycles. The van der Waals surface area contributed by atoms with Gasteiger partial charge in [-0.2, -0.15) is 5.10 Å². The molecule has 1 aliphatic heterocycles. The van der Waals surface area contributed by atoms with E-state index in [9.17, 15) is 4.79 Å². The lowest BCUT2D eigenvalue weighted by Gasteiger charge is -2.31. The van der Waals surface area contributed by atoms with Crippen molar-refractivity contribution < 1.29 is 13.6 Å². The highest BCUT2D eigenvalue weighted by atomic mass is 16.3. The topological polar surface area (TPSA) is 62.2 Å². The van der Waals surface area contributed by atoms with Crippen LogP contribution in [0.4, 0.5) is 0 Å². The van der Waals surface area contributed by atoms with E-state index in [0.717, 1.165) is 18.0 Å². The lowest BCUT2D eigenvalue weighted by atomic mass is 10.1. The molecule has 6 nitrogen and oxygen atoms in total. The van der Waals surface area contributed by atoms with Gasteiger partial charge in [-0.25, -0.2) is 5.01 Å². The third-order valence-electron chi connectivity index (χ3n) is 6.20. The number of rotatable bonds is 8. The van der Waals surface area contributed by atoms with Gasteiger partial charge in [-0.3, -0.25) is 9.69 Å². The predicted molar refractivity (Wildman–Crippen MR) is 117 cm³/mol. The van der Waals surface area contributed by atoms with Gasteiger partial charge in [0, 0.05) is 19.0 Å². The van der Waals surface area contributed by atoms with Gasteiger partial charge in [-0.05, 0) is 55.5 Å². The molecule has 0 N–H and O–H groups in total. The number of hydrogen-bond donors (Lipinski definition) is 0. The molecule has 0 spiro atoms. The number of carbonyl (C=O) groups is 1. The predicted octanol–water partition coefficient (Wildman–Crippen LogP) is 5.02. The molecule has 6 heteroatoms. The van der Waals surface area contributed by atoms with Crippen molar-refractivity contribution >= 4 is 11.6 Å². The first-order valence-corrected chi connectivity index (χ1v) is 10.9. The first kappa shape index (κ1) is 19.8. The molecule has 1 fully saturated rings. The van der Waals surface area contributed by atoms with E-state index in [2.05, 4.69) is 41.2 Å². The number of amides is 1. The summed E-state index contributed by atoms with van der Waals surface area (Å²) in [6, 6.07) is 17.8. The zero-order valence-corrected chi connectivity index (χ0v) is 17.7. The Kier molecular flexibility index (Phi) is 5.47. The van der Waals surface area contributed by atoms with Crippen LogP contribution in [0.3, 0.4) is 0 Å². The molecule has 31 heavy (non-hydrogen) atoms. The van der Waals surface area contributed by atoms with Crippen molar-refractivity contribution in [2.45, 2.75) is 38.3 Å². The van der Waals surface area contributed by atoms with Gasteiger partial charge in [-0.15, -0.1) is 0 Å². The average Bonchev–Trinajstić information content (AvgIpc) is 3.25. The molecule has 2 aliphatic rings. The first-order chi connectivity index (χ1) is 15.2. The largest absolute Gasteiger partial charge is 0.467 e. The summed E-state index contributed by atoms with van der Waals surface area (Å²) in [7, 11) is 0. The number of furan rings is 2. The number of carbonyl (C=O) groups excluding carboxylic acids is 1. The van der Waals surface area contributed by atoms with E-state index in [1.807, 2.05) is 30.3 Å². The fraction of sp³-hybridized carbons (Fsp3) is 0.360. The quantitative estimate of drug-likeness (QED) is 0.516. The number of benzene rings is 1. The van der Waals surface area contributed by atoms with Gasteiger partial charge >= 0.3 is 0 Å². The van der Waals surface area contributed by atoms with E-state index in [4.69, 9.17) is 8.83 Å². The highest BCUT2D eigenvalue weighted by Gasteiger charge is 2.37. The van der Waals surface area contributed by atoms with E-state index in [0.29, 0.717) is 24.6 Å². The second kappa shape index (κ2) is 8.55. The van der Waals surface area contributed by atoms with Crippen LogP contribution in [-0.4, -0.2) is 34.6 Å². The van der Waals surface area contributed by atoms with Crippen molar-refractivity contribution in [1.82, 2.24) is 9.91 Å².